The summed E-state index contributed by atoms with van der Waals surface area (Å²) in [7, 11) is 1.62. The molecule has 1 aliphatic heterocycles. The Morgan fingerprint density at radius 2 is 2.09 bits per heavy atom. The highest BCUT2D eigenvalue weighted by Crippen LogP contribution is 2.24. The number of nitrogens with zero attached hydrogens (tertiary/aromatic N) is 1. The molecule has 0 atom stereocenters. The molecule has 2 amide bonds. The predicted molar refractivity (Wildman–Crippen MR) is 89.8 cm³/mol. The van der Waals surface area contributed by atoms with Crippen LogP contribution in [0, 0.1) is 13.8 Å². The minimum Gasteiger partial charge on any atom is -0.496 e. The Bertz CT molecular complexity index is 677. The van der Waals surface area contributed by atoms with Crippen molar-refractivity contribution in [2.24, 2.45) is 0 Å². The number of aryl methyl sites for hydroxylation is 1. The van der Waals surface area contributed by atoms with E-state index in [1.54, 1.807) is 19.3 Å². The van der Waals surface area contributed by atoms with Crippen LogP contribution in [0.25, 0.3) is 6.08 Å². The van der Waals surface area contributed by atoms with Crippen molar-refractivity contribution in [1.82, 2.24) is 4.90 Å². The number of amides is 2. The van der Waals surface area contributed by atoms with E-state index in [4.69, 9.17) is 4.74 Å². The van der Waals surface area contributed by atoms with E-state index in [1.165, 1.54) is 11.0 Å². The molecule has 0 bridgehead atoms. The predicted octanol–water partition coefficient (Wildman–Crippen LogP) is 3.36. The van der Waals surface area contributed by atoms with E-state index in [0.717, 1.165) is 22.4 Å². The van der Waals surface area contributed by atoms with Crippen LogP contribution in [0.2, 0.25) is 0 Å². The fraction of sp³-hybridized carbons (Fsp3) is 0.294. The highest BCUT2D eigenvalue weighted by atomic mass is 79.9. The maximum absolute atomic E-state index is 12.2. The van der Waals surface area contributed by atoms with E-state index in [0.29, 0.717) is 17.4 Å². The number of carbonyl (C=O) groups excluding carboxylic acids is 2. The van der Waals surface area contributed by atoms with Gasteiger partial charge in [-0.1, -0.05) is 12.1 Å². The molecule has 116 valence electrons. The molecule has 2 rings (SSSR count). The molecule has 0 saturated carbocycles. The molecule has 4 nitrogen and oxygen atoms in total. The summed E-state index contributed by atoms with van der Waals surface area (Å²) >= 11 is 3.17. The number of carbonyl (C=O) groups is 2. The molecule has 1 aliphatic rings. The lowest BCUT2D eigenvalue weighted by Gasteiger charge is -2.21. The second-order valence-corrected chi connectivity index (χ2v) is 5.99. The Balaban J connectivity index is 2.18. The largest absolute Gasteiger partial charge is 0.496 e. The van der Waals surface area contributed by atoms with E-state index in [1.807, 2.05) is 26.0 Å². The molecule has 5 heteroatoms. The molecule has 1 aromatic rings. The summed E-state index contributed by atoms with van der Waals surface area (Å²) in [4.78, 5) is 25.3. The van der Waals surface area contributed by atoms with E-state index in [-0.39, 0.29) is 11.8 Å². The van der Waals surface area contributed by atoms with Gasteiger partial charge in [-0.25, -0.2) is 0 Å². The first kappa shape index (κ1) is 16.5. The zero-order chi connectivity index (χ0) is 16.3. The van der Waals surface area contributed by atoms with Crippen LogP contribution < -0.4 is 4.74 Å². The second kappa shape index (κ2) is 6.92. The molecule has 0 spiro atoms. The van der Waals surface area contributed by atoms with Crippen molar-refractivity contribution in [3.8, 4) is 5.75 Å². The van der Waals surface area contributed by atoms with Gasteiger partial charge < -0.3 is 4.74 Å². The van der Waals surface area contributed by atoms with Crippen molar-refractivity contribution in [1.29, 1.82) is 0 Å². The Morgan fingerprint density at radius 3 is 2.77 bits per heavy atom. The molecule has 0 N–H and O–H groups in total. The molecule has 22 heavy (non-hydrogen) atoms. The van der Waals surface area contributed by atoms with Crippen LogP contribution >= 0.6 is 15.9 Å². The van der Waals surface area contributed by atoms with Crippen LogP contribution in [0.4, 0.5) is 0 Å². The van der Waals surface area contributed by atoms with Crippen molar-refractivity contribution in [3.63, 3.8) is 0 Å². The molecule has 0 fully saturated rings. The lowest BCUT2D eigenvalue weighted by molar-refractivity contribution is -0.139. The number of rotatable bonds is 3. The topological polar surface area (TPSA) is 46.6 Å². The zero-order valence-corrected chi connectivity index (χ0v) is 14.4. The van der Waals surface area contributed by atoms with Gasteiger partial charge in [0.25, 0.3) is 11.8 Å². The van der Waals surface area contributed by atoms with Crippen LogP contribution in [0.15, 0.2) is 28.8 Å². The van der Waals surface area contributed by atoms with Crippen molar-refractivity contribution in [3.05, 3.63) is 45.5 Å². The Kier molecular flexibility index (Phi) is 5.19. The number of halogens is 1. The first-order valence-electron chi connectivity index (χ1n) is 6.99. The van der Waals surface area contributed by atoms with Crippen molar-refractivity contribution >= 4 is 33.8 Å². The molecule has 0 radical (unpaired) electrons. The number of imide groups is 1. The maximum Gasteiger partial charge on any atom is 0.267 e. The summed E-state index contributed by atoms with van der Waals surface area (Å²) in [6.45, 7) is 4.39. The van der Waals surface area contributed by atoms with Crippen LogP contribution in [0.5, 0.6) is 5.75 Å². The summed E-state index contributed by atoms with van der Waals surface area (Å²) in [5.74, 6) is 0.178. The quantitative estimate of drug-likeness (QED) is 0.773. The summed E-state index contributed by atoms with van der Waals surface area (Å²) in [5.41, 5.74) is 3.03. The molecular formula is C17H18BrNO3. The second-order valence-electron chi connectivity index (χ2n) is 5.13. The van der Waals surface area contributed by atoms with E-state index in [2.05, 4.69) is 15.9 Å². The van der Waals surface area contributed by atoms with Gasteiger partial charge in [-0.05, 0) is 65.0 Å². The molecular weight excluding hydrogens is 346 g/mol. The minimum absolute atomic E-state index is 0.293. The fourth-order valence-electron chi connectivity index (χ4n) is 2.27. The Hall–Kier alpha value is -1.88. The fourth-order valence-corrected chi connectivity index (χ4v) is 2.71. The Morgan fingerprint density at radius 1 is 1.36 bits per heavy atom. The van der Waals surface area contributed by atoms with Crippen LogP contribution in [0.1, 0.15) is 23.1 Å². The van der Waals surface area contributed by atoms with E-state index in [9.17, 15) is 9.59 Å². The standard InChI is InChI=1S/C17H18BrNO3/c1-11-9-13(10-15(22-3)12(11)2)6-7-16(20)19-8-4-5-14(18)17(19)21/h5-7,9-10H,4,8H2,1-3H3/b7-6+. The van der Waals surface area contributed by atoms with Gasteiger partial charge in [0.15, 0.2) is 0 Å². The average Bonchev–Trinajstić information content (AvgIpc) is 2.50. The van der Waals surface area contributed by atoms with Gasteiger partial charge in [0.05, 0.1) is 11.6 Å². The molecule has 0 saturated heterocycles. The van der Waals surface area contributed by atoms with Crippen LogP contribution in [-0.4, -0.2) is 30.4 Å². The number of methoxy groups -OCH3 is 1. The lowest BCUT2D eigenvalue weighted by Crippen LogP contribution is -2.38. The average molecular weight is 364 g/mol. The van der Waals surface area contributed by atoms with Gasteiger partial charge >= 0.3 is 0 Å². The summed E-state index contributed by atoms with van der Waals surface area (Å²) in [5, 5.41) is 0. The third-order valence-electron chi connectivity index (χ3n) is 3.67. The van der Waals surface area contributed by atoms with E-state index >= 15 is 0 Å². The van der Waals surface area contributed by atoms with Gasteiger partial charge in [-0.2, -0.15) is 0 Å². The molecule has 0 aliphatic carbocycles. The normalized spacial score (nSPS) is 15.2. The summed E-state index contributed by atoms with van der Waals surface area (Å²) in [6, 6.07) is 3.86. The highest BCUT2D eigenvalue weighted by Gasteiger charge is 2.24. The first-order chi connectivity index (χ1) is 10.4. The van der Waals surface area contributed by atoms with Crippen LogP contribution in [-0.2, 0) is 9.59 Å². The third-order valence-corrected chi connectivity index (χ3v) is 4.33. The molecule has 1 aromatic carbocycles. The number of hydrogen-bond donors (Lipinski definition) is 0. The number of hydrogen-bond acceptors (Lipinski definition) is 3. The van der Waals surface area contributed by atoms with Crippen molar-refractivity contribution in [2.75, 3.05) is 13.7 Å². The first-order valence-corrected chi connectivity index (χ1v) is 7.78. The number of benzene rings is 1. The molecule has 1 heterocycles. The van der Waals surface area contributed by atoms with Crippen molar-refractivity contribution in [2.45, 2.75) is 20.3 Å². The summed E-state index contributed by atoms with van der Waals surface area (Å²) in [6.07, 6.45) is 5.58. The van der Waals surface area contributed by atoms with Gasteiger partial charge in [-0.15, -0.1) is 0 Å². The van der Waals surface area contributed by atoms with Gasteiger partial charge in [0, 0.05) is 12.6 Å². The van der Waals surface area contributed by atoms with Crippen molar-refractivity contribution < 1.29 is 14.3 Å². The highest BCUT2D eigenvalue weighted by molar-refractivity contribution is 9.12. The molecule has 0 aromatic heterocycles. The third kappa shape index (κ3) is 3.47. The van der Waals surface area contributed by atoms with Gasteiger partial charge in [0.1, 0.15) is 5.75 Å². The van der Waals surface area contributed by atoms with Crippen LogP contribution in [0.3, 0.4) is 0 Å². The zero-order valence-electron chi connectivity index (χ0n) is 12.9. The SMILES string of the molecule is COc1cc(/C=C/C(=O)N2CCC=C(Br)C2=O)cc(C)c1C. The minimum atomic E-state index is -0.313. The summed E-state index contributed by atoms with van der Waals surface area (Å²) < 4.78 is 5.76. The smallest absolute Gasteiger partial charge is 0.267 e. The Labute approximate surface area is 138 Å². The molecule has 0 unspecified atom stereocenters. The lowest BCUT2D eigenvalue weighted by atomic mass is 10.0. The van der Waals surface area contributed by atoms with Gasteiger partial charge in [0.2, 0.25) is 0 Å². The maximum atomic E-state index is 12.2. The monoisotopic (exact) mass is 363 g/mol. The number of ether oxygens (including phenoxy) is 1. The van der Waals surface area contributed by atoms with E-state index < -0.39 is 0 Å². The van der Waals surface area contributed by atoms with Gasteiger partial charge in [-0.3, -0.25) is 14.5 Å².